The minimum atomic E-state index is -4.45. The zero-order valence-electron chi connectivity index (χ0n) is 8.38. The molecule has 0 atom stereocenters. The number of hydrogen-bond acceptors (Lipinski definition) is 3. The first-order valence-electron chi connectivity index (χ1n) is 4.89. The van der Waals surface area contributed by atoms with E-state index < -0.39 is 23.4 Å². The average Bonchev–Trinajstić information content (AvgIpc) is 2.60. The number of alkyl halides is 3. The number of nitrogens with one attached hydrogen (secondary N) is 1. The molecule has 16 heavy (non-hydrogen) atoms. The molecular formula is C9H12F3N3O. The lowest BCUT2D eigenvalue weighted by molar-refractivity contribution is -0.141. The van der Waals surface area contributed by atoms with Gasteiger partial charge in [0.25, 0.3) is 0 Å². The molecule has 0 bridgehead atoms. The normalized spacial score (nSPS) is 30.2. The summed E-state index contributed by atoms with van der Waals surface area (Å²) in [5.74, 6) is 0. The van der Waals surface area contributed by atoms with Gasteiger partial charge in [-0.15, -0.1) is 0 Å². The Morgan fingerprint density at radius 2 is 2.19 bits per heavy atom. The lowest BCUT2D eigenvalue weighted by Gasteiger charge is -2.43. The maximum atomic E-state index is 12.3. The SMILES string of the molecule is NCC1(c2cc(C(F)(F)F)n[nH]2)CC(O)C1. The maximum Gasteiger partial charge on any atom is 0.435 e. The standard InChI is InChI=1S/C9H12F3N3O/c10-9(11,12)7-1-6(14-15-7)8(4-13)2-5(16)3-8/h1,5,16H,2-4,13H2,(H,14,15). The third-order valence-corrected chi connectivity index (χ3v) is 3.08. The molecule has 1 fully saturated rings. The van der Waals surface area contributed by atoms with Gasteiger partial charge < -0.3 is 10.8 Å². The number of hydrogen-bond donors (Lipinski definition) is 3. The van der Waals surface area contributed by atoms with Gasteiger partial charge in [0.2, 0.25) is 0 Å². The molecule has 1 aromatic rings. The van der Waals surface area contributed by atoms with E-state index in [1.807, 2.05) is 0 Å². The van der Waals surface area contributed by atoms with Crippen molar-refractivity contribution in [2.24, 2.45) is 5.73 Å². The molecule has 1 aromatic heterocycles. The highest BCUT2D eigenvalue weighted by Gasteiger charge is 2.46. The summed E-state index contributed by atoms with van der Waals surface area (Å²) in [6.45, 7) is 0.198. The lowest BCUT2D eigenvalue weighted by atomic mass is 9.65. The zero-order chi connectivity index (χ0) is 12.0. The van der Waals surface area contributed by atoms with E-state index in [1.165, 1.54) is 0 Å². The van der Waals surface area contributed by atoms with Gasteiger partial charge in [-0.05, 0) is 18.9 Å². The minimum absolute atomic E-state index is 0.198. The second-order valence-electron chi connectivity index (χ2n) is 4.21. The van der Waals surface area contributed by atoms with Crippen molar-refractivity contribution in [3.8, 4) is 0 Å². The highest BCUT2D eigenvalue weighted by atomic mass is 19.4. The molecule has 90 valence electrons. The van der Waals surface area contributed by atoms with E-state index in [9.17, 15) is 18.3 Å². The summed E-state index contributed by atoms with van der Waals surface area (Å²) in [4.78, 5) is 0. The Hall–Kier alpha value is -1.08. The number of aromatic nitrogens is 2. The van der Waals surface area contributed by atoms with Gasteiger partial charge >= 0.3 is 6.18 Å². The second kappa shape index (κ2) is 3.46. The molecule has 1 saturated carbocycles. The minimum Gasteiger partial charge on any atom is -0.393 e. The lowest BCUT2D eigenvalue weighted by Crippen LogP contribution is -2.50. The van der Waals surface area contributed by atoms with Gasteiger partial charge in [-0.1, -0.05) is 0 Å². The quantitative estimate of drug-likeness (QED) is 0.709. The van der Waals surface area contributed by atoms with Gasteiger partial charge in [0.15, 0.2) is 5.69 Å². The summed E-state index contributed by atoms with van der Waals surface area (Å²) in [5.41, 5.74) is 4.37. The molecule has 1 heterocycles. The Labute approximate surface area is 89.6 Å². The predicted octanol–water partition coefficient (Wildman–Crippen LogP) is 0.780. The van der Waals surface area contributed by atoms with Crippen molar-refractivity contribution in [3.05, 3.63) is 17.5 Å². The molecule has 0 spiro atoms. The summed E-state index contributed by atoms with van der Waals surface area (Å²) < 4.78 is 37.0. The van der Waals surface area contributed by atoms with E-state index in [-0.39, 0.29) is 6.54 Å². The number of rotatable bonds is 2. The zero-order valence-corrected chi connectivity index (χ0v) is 8.38. The molecule has 1 aliphatic carbocycles. The van der Waals surface area contributed by atoms with Crippen molar-refractivity contribution in [1.29, 1.82) is 0 Å². The third-order valence-electron chi connectivity index (χ3n) is 3.08. The average molecular weight is 235 g/mol. The van der Waals surface area contributed by atoms with Crippen LogP contribution in [0.2, 0.25) is 0 Å². The molecule has 4 N–H and O–H groups in total. The molecule has 0 amide bonds. The van der Waals surface area contributed by atoms with Crippen molar-refractivity contribution in [2.75, 3.05) is 6.54 Å². The summed E-state index contributed by atoms with van der Waals surface area (Å²) in [7, 11) is 0. The first-order chi connectivity index (χ1) is 7.37. The van der Waals surface area contributed by atoms with E-state index in [4.69, 9.17) is 5.73 Å². The molecule has 7 heteroatoms. The van der Waals surface area contributed by atoms with Gasteiger partial charge in [0, 0.05) is 17.7 Å². The van der Waals surface area contributed by atoms with Crippen molar-refractivity contribution in [2.45, 2.75) is 30.5 Å². The smallest absolute Gasteiger partial charge is 0.393 e. The van der Waals surface area contributed by atoms with Crippen LogP contribution >= 0.6 is 0 Å². The van der Waals surface area contributed by atoms with Crippen molar-refractivity contribution in [3.63, 3.8) is 0 Å². The van der Waals surface area contributed by atoms with Crippen molar-refractivity contribution < 1.29 is 18.3 Å². The molecule has 1 aliphatic rings. The summed E-state index contributed by atoms with van der Waals surface area (Å²) >= 11 is 0. The van der Waals surface area contributed by atoms with Gasteiger partial charge in [0.1, 0.15) is 0 Å². The third kappa shape index (κ3) is 1.69. The highest BCUT2D eigenvalue weighted by molar-refractivity contribution is 5.25. The fourth-order valence-electron chi connectivity index (χ4n) is 2.08. The number of aliphatic hydroxyl groups is 1. The van der Waals surface area contributed by atoms with E-state index in [2.05, 4.69) is 10.2 Å². The molecular weight excluding hydrogens is 223 g/mol. The monoisotopic (exact) mass is 235 g/mol. The number of halogens is 3. The van der Waals surface area contributed by atoms with Gasteiger partial charge in [-0.3, -0.25) is 5.10 Å². The first kappa shape index (κ1) is 11.4. The van der Waals surface area contributed by atoms with E-state index in [1.54, 1.807) is 0 Å². The van der Waals surface area contributed by atoms with Crippen LogP contribution in [0.4, 0.5) is 13.2 Å². The number of aromatic amines is 1. The maximum absolute atomic E-state index is 12.3. The molecule has 4 nitrogen and oxygen atoms in total. The number of nitrogens with two attached hydrogens (primary N) is 1. The number of aliphatic hydroxyl groups excluding tert-OH is 1. The second-order valence-corrected chi connectivity index (χ2v) is 4.21. The molecule has 0 saturated heterocycles. The van der Waals surface area contributed by atoms with E-state index in [0.717, 1.165) is 6.07 Å². The molecule has 0 aliphatic heterocycles. The first-order valence-corrected chi connectivity index (χ1v) is 4.89. The topological polar surface area (TPSA) is 74.9 Å². The van der Waals surface area contributed by atoms with Gasteiger partial charge in [0.05, 0.1) is 6.10 Å². The van der Waals surface area contributed by atoms with Crippen LogP contribution < -0.4 is 5.73 Å². The number of H-pyrrole nitrogens is 1. The summed E-state index contributed by atoms with van der Waals surface area (Å²) in [6, 6.07) is 0.971. The molecule has 0 aromatic carbocycles. The van der Waals surface area contributed by atoms with Gasteiger partial charge in [-0.2, -0.15) is 18.3 Å². The Balaban J connectivity index is 2.25. The van der Waals surface area contributed by atoms with Crippen molar-refractivity contribution >= 4 is 0 Å². The highest BCUT2D eigenvalue weighted by Crippen LogP contribution is 2.43. The summed E-state index contributed by atoms with van der Waals surface area (Å²) in [6.07, 6.45) is -4.18. The van der Waals surface area contributed by atoms with Gasteiger partial charge in [-0.25, -0.2) is 0 Å². The van der Waals surface area contributed by atoms with E-state index >= 15 is 0 Å². The molecule has 0 radical (unpaired) electrons. The van der Waals surface area contributed by atoms with Crippen LogP contribution in [0, 0.1) is 0 Å². The Morgan fingerprint density at radius 3 is 2.56 bits per heavy atom. The Morgan fingerprint density at radius 1 is 1.56 bits per heavy atom. The van der Waals surface area contributed by atoms with E-state index in [0.29, 0.717) is 18.5 Å². The molecule has 2 rings (SSSR count). The van der Waals surface area contributed by atoms with Crippen LogP contribution in [0.1, 0.15) is 24.2 Å². The predicted molar refractivity (Wildman–Crippen MR) is 49.6 cm³/mol. The Bertz CT molecular complexity index is 382. The van der Waals surface area contributed by atoms with Crippen LogP contribution in [0.25, 0.3) is 0 Å². The van der Waals surface area contributed by atoms with Crippen LogP contribution in [0.5, 0.6) is 0 Å². The largest absolute Gasteiger partial charge is 0.435 e. The van der Waals surface area contributed by atoms with Crippen LogP contribution in [0.3, 0.4) is 0 Å². The Kier molecular flexibility index (Phi) is 2.47. The molecule has 0 unspecified atom stereocenters. The fraction of sp³-hybridized carbons (Fsp3) is 0.667. The summed E-state index contributed by atoms with van der Waals surface area (Å²) in [5, 5.41) is 14.8. The van der Waals surface area contributed by atoms with Crippen LogP contribution in [-0.4, -0.2) is 28.0 Å². The fourth-order valence-corrected chi connectivity index (χ4v) is 2.08. The number of nitrogens with zero attached hydrogens (tertiary/aromatic N) is 1. The van der Waals surface area contributed by atoms with Crippen molar-refractivity contribution in [1.82, 2.24) is 10.2 Å². The van der Waals surface area contributed by atoms with Crippen LogP contribution in [0.15, 0.2) is 6.07 Å². The van der Waals surface area contributed by atoms with Crippen LogP contribution in [-0.2, 0) is 11.6 Å².